The van der Waals surface area contributed by atoms with E-state index in [9.17, 15) is 0 Å². The maximum Gasteiger partial charge on any atom is 0.200 e. The lowest BCUT2D eigenvalue weighted by atomic mass is 10.3. The minimum Gasteiger partial charge on any atom is -0.460 e. The Kier molecular flexibility index (Phi) is 1.05. The molecule has 0 atom stereocenters. The molecule has 52 valence electrons. The molecule has 2 heterocycles. The van der Waals surface area contributed by atoms with E-state index in [4.69, 9.17) is 20.4 Å². The Balaban J connectivity index is 2.95. The van der Waals surface area contributed by atoms with Crippen molar-refractivity contribution in [3.8, 4) is 0 Å². The predicted octanol–water partition coefficient (Wildman–Crippen LogP) is 2.99. The van der Waals surface area contributed by atoms with Crippen LogP contribution < -0.4 is 0 Å². The fourth-order valence-electron chi connectivity index (χ4n) is 0.914. The summed E-state index contributed by atoms with van der Waals surface area (Å²) < 4.78 is 10.2. The normalized spacial score (nSPS) is 11.0. The van der Waals surface area contributed by atoms with Crippen molar-refractivity contribution in [2.75, 3.05) is 0 Å². The van der Waals surface area contributed by atoms with Gasteiger partial charge in [-0.15, -0.1) is 0 Å². The summed E-state index contributed by atoms with van der Waals surface area (Å²) in [6.07, 6.45) is 1.58. The number of hydrogen-bond acceptors (Lipinski definition) is 2. The molecule has 0 aliphatic rings. The molecule has 0 saturated carbocycles. The average Bonchev–Trinajstić information content (AvgIpc) is 2.41. The lowest BCUT2D eigenvalue weighted by Crippen LogP contribution is -1.60. The van der Waals surface area contributed by atoms with E-state index in [0.29, 0.717) is 10.8 Å². The highest BCUT2D eigenvalue weighted by atomic mass is 35.5. The molecule has 2 aromatic heterocycles. The quantitative estimate of drug-likeness (QED) is 0.586. The third kappa shape index (κ3) is 0.596. The van der Waals surface area contributed by atoms with Crippen molar-refractivity contribution in [3.05, 3.63) is 23.1 Å². The summed E-state index contributed by atoms with van der Waals surface area (Å²) in [7, 11) is 0. The highest BCUT2D eigenvalue weighted by Gasteiger charge is 2.09. The first-order valence-electron chi connectivity index (χ1n) is 2.91. The third-order valence-corrected chi connectivity index (χ3v) is 1.82. The van der Waals surface area contributed by atoms with Crippen LogP contribution in [0, 0.1) is 6.92 Å². The molecule has 0 bridgehead atoms. The van der Waals surface area contributed by atoms with E-state index in [0.717, 1.165) is 11.1 Å². The third-order valence-electron chi connectivity index (χ3n) is 1.46. The van der Waals surface area contributed by atoms with Crippen molar-refractivity contribution in [1.29, 1.82) is 0 Å². The largest absolute Gasteiger partial charge is 0.460 e. The van der Waals surface area contributed by atoms with Crippen molar-refractivity contribution in [2.45, 2.75) is 6.92 Å². The molecule has 0 radical (unpaired) electrons. The Labute approximate surface area is 62.4 Å². The Morgan fingerprint density at radius 2 is 2.30 bits per heavy atom. The van der Waals surface area contributed by atoms with Crippen LogP contribution in [0.4, 0.5) is 0 Å². The summed E-state index contributed by atoms with van der Waals surface area (Å²) in [5, 5.41) is 0.411. The monoisotopic (exact) mass is 156 g/mol. The van der Waals surface area contributed by atoms with Gasteiger partial charge in [0.25, 0.3) is 0 Å². The fraction of sp³-hybridized carbons (Fsp3) is 0.143. The van der Waals surface area contributed by atoms with Gasteiger partial charge >= 0.3 is 0 Å². The summed E-state index contributed by atoms with van der Waals surface area (Å²) in [5.41, 5.74) is 2.31. The molecule has 2 nitrogen and oxygen atoms in total. The van der Waals surface area contributed by atoms with Crippen molar-refractivity contribution in [2.24, 2.45) is 0 Å². The van der Waals surface area contributed by atoms with Crippen molar-refractivity contribution < 1.29 is 8.83 Å². The molecule has 0 aliphatic carbocycles. The van der Waals surface area contributed by atoms with Gasteiger partial charge in [0.2, 0.25) is 5.22 Å². The van der Waals surface area contributed by atoms with Crippen molar-refractivity contribution >= 4 is 22.8 Å². The minimum absolute atomic E-state index is 0.411. The SMILES string of the molecule is Cc1c(Cl)oc2ccoc12. The number of hydrogen-bond donors (Lipinski definition) is 0. The Bertz CT molecular complexity index is 358. The molecule has 2 aromatic rings. The minimum atomic E-state index is 0.411. The molecule has 0 saturated heterocycles. The van der Waals surface area contributed by atoms with Gasteiger partial charge in [0.05, 0.1) is 11.8 Å². The first-order valence-corrected chi connectivity index (χ1v) is 3.29. The second kappa shape index (κ2) is 1.80. The van der Waals surface area contributed by atoms with Crippen LogP contribution in [-0.2, 0) is 0 Å². The molecular weight excluding hydrogens is 152 g/mol. The molecule has 0 N–H and O–H groups in total. The number of rotatable bonds is 0. The zero-order valence-electron chi connectivity index (χ0n) is 5.35. The number of aryl methyl sites for hydroxylation is 1. The Hall–Kier alpha value is -0.890. The number of halogens is 1. The molecule has 0 spiro atoms. The van der Waals surface area contributed by atoms with Crippen LogP contribution in [-0.4, -0.2) is 0 Å². The van der Waals surface area contributed by atoms with Gasteiger partial charge < -0.3 is 8.83 Å². The van der Waals surface area contributed by atoms with E-state index in [2.05, 4.69) is 0 Å². The summed E-state index contributed by atoms with van der Waals surface area (Å²) >= 11 is 5.67. The lowest BCUT2D eigenvalue weighted by molar-refractivity contribution is 0.609. The van der Waals surface area contributed by atoms with Crippen molar-refractivity contribution in [1.82, 2.24) is 0 Å². The highest BCUT2D eigenvalue weighted by Crippen LogP contribution is 2.28. The first-order chi connectivity index (χ1) is 4.79. The average molecular weight is 157 g/mol. The van der Waals surface area contributed by atoms with Crippen LogP contribution in [0.5, 0.6) is 0 Å². The lowest BCUT2D eigenvalue weighted by Gasteiger charge is -1.79. The van der Waals surface area contributed by atoms with Gasteiger partial charge in [-0.1, -0.05) is 0 Å². The fourth-order valence-corrected chi connectivity index (χ4v) is 1.08. The molecule has 0 unspecified atom stereocenters. The molecular formula is C7H5ClO2. The van der Waals surface area contributed by atoms with Gasteiger partial charge in [0.1, 0.15) is 0 Å². The summed E-state index contributed by atoms with van der Waals surface area (Å²) in [6, 6.07) is 1.74. The van der Waals surface area contributed by atoms with E-state index < -0.39 is 0 Å². The topological polar surface area (TPSA) is 26.3 Å². The molecule has 0 amide bonds. The number of fused-ring (bicyclic) bond motifs is 1. The molecule has 2 rings (SSSR count). The van der Waals surface area contributed by atoms with E-state index in [-0.39, 0.29) is 0 Å². The van der Waals surface area contributed by atoms with Gasteiger partial charge in [0.15, 0.2) is 11.2 Å². The van der Waals surface area contributed by atoms with Crippen LogP contribution in [0.15, 0.2) is 21.2 Å². The smallest absolute Gasteiger partial charge is 0.200 e. The standard InChI is InChI=1S/C7H5ClO2/c1-4-6-5(2-3-9-6)10-7(4)8/h2-3H,1H3. The summed E-state index contributed by atoms with van der Waals surface area (Å²) in [6.45, 7) is 1.86. The Morgan fingerprint density at radius 3 is 3.00 bits per heavy atom. The van der Waals surface area contributed by atoms with Crippen LogP contribution in [0.25, 0.3) is 11.2 Å². The zero-order chi connectivity index (χ0) is 7.14. The van der Waals surface area contributed by atoms with E-state index in [1.165, 1.54) is 0 Å². The van der Waals surface area contributed by atoms with Gasteiger partial charge in [-0.05, 0) is 18.5 Å². The van der Waals surface area contributed by atoms with Crippen molar-refractivity contribution in [3.63, 3.8) is 0 Å². The molecule has 0 aliphatic heterocycles. The van der Waals surface area contributed by atoms with E-state index >= 15 is 0 Å². The Morgan fingerprint density at radius 1 is 1.50 bits per heavy atom. The second-order valence-electron chi connectivity index (χ2n) is 2.11. The van der Waals surface area contributed by atoms with E-state index in [1.54, 1.807) is 12.3 Å². The van der Waals surface area contributed by atoms with Gasteiger partial charge in [-0.3, -0.25) is 0 Å². The molecule has 3 heteroatoms. The molecule has 0 aromatic carbocycles. The maximum atomic E-state index is 5.67. The molecule has 0 fully saturated rings. The van der Waals surface area contributed by atoms with E-state index in [1.807, 2.05) is 6.92 Å². The van der Waals surface area contributed by atoms with Gasteiger partial charge in [-0.25, -0.2) is 0 Å². The van der Waals surface area contributed by atoms with Crippen LogP contribution in [0.2, 0.25) is 5.22 Å². The summed E-state index contributed by atoms with van der Waals surface area (Å²) in [4.78, 5) is 0. The summed E-state index contributed by atoms with van der Waals surface area (Å²) in [5.74, 6) is 0. The van der Waals surface area contributed by atoms with Gasteiger partial charge in [0, 0.05) is 6.07 Å². The van der Waals surface area contributed by atoms with Gasteiger partial charge in [-0.2, -0.15) is 0 Å². The van der Waals surface area contributed by atoms with Crippen LogP contribution >= 0.6 is 11.6 Å². The highest BCUT2D eigenvalue weighted by molar-refractivity contribution is 6.30. The zero-order valence-corrected chi connectivity index (χ0v) is 6.11. The second-order valence-corrected chi connectivity index (χ2v) is 2.46. The first kappa shape index (κ1) is 5.86. The predicted molar refractivity (Wildman–Crippen MR) is 38.2 cm³/mol. The number of furan rings is 2. The van der Waals surface area contributed by atoms with Crippen LogP contribution in [0.1, 0.15) is 5.56 Å². The molecule has 10 heavy (non-hydrogen) atoms. The van der Waals surface area contributed by atoms with Crippen LogP contribution in [0.3, 0.4) is 0 Å². The maximum absolute atomic E-state index is 5.67.